The molecule has 2 aromatic heterocycles. The van der Waals surface area contributed by atoms with Gasteiger partial charge in [0, 0.05) is 50.6 Å². The van der Waals surface area contributed by atoms with E-state index in [2.05, 4.69) is 15.0 Å². The Balaban J connectivity index is 1.44. The van der Waals surface area contributed by atoms with Crippen LogP contribution in [0.2, 0.25) is 0 Å². The van der Waals surface area contributed by atoms with Gasteiger partial charge in [0.1, 0.15) is 5.69 Å². The van der Waals surface area contributed by atoms with Crippen LogP contribution < -0.4 is 4.90 Å². The molecule has 2 saturated heterocycles. The molecule has 0 N–H and O–H groups in total. The van der Waals surface area contributed by atoms with Crippen LogP contribution in [-0.2, 0) is 18.2 Å². The summed E-state index contributed by atoms with van der Waals surface area (Å²) in [5.74, 6) is 0.803. The van der Waals surface area contributed by atoms with Crippen molar-refractivity contribution in [3.8, 4) is 0 Å². The summed E-state index contributed by atoms with van der Waals surface area (Å²) < 4.78 is 7.08. The molecule has 0 saturated carbocycles. The van der Waals surface area contributed by atoms with Gasteiger partial charge in [-0.3, -0.25) is 9.48 Å². The van der Waals surface area contributed by atoms with Gasteiger partial charge in [0.2, 0.25) is 5.95 Å². The summed E-state index contributed by atoms with van der Waals surface area (Å²) in [5.41, 5.74) is 2.71. The lowest BCUT2D eigenvalue weighted by molar-refractivity contribution is 0.0636. The van der Waals surface area contributed by atoms with E-state index in [1.54, 1.807) is 10.7 Å². The van der Waals surface area contributed by atoms with Gasteiger partial charge in [0.15, 0.2) is 0 Å². The smallest absolute Gasteiger partial charge is 0.275 e. The zero-order valence-corrected chi connectivity index (χ0v) is 14.8. The van der Waals surface area contributed by atoms with Crippen molar-refractivity contribution in [2.75, 3.05) is 31.2 Å². The Morgan fingerprint density at radius 2 is 2.12 bits per heavy atom. The lowest BCUT2D eigenvalue weighted by Crippen LogP contribution is -2.43. The number of aryl methyl sites for hydroxylation is 1. The molecule has 8 heteroatoms. The molecule has 2 fully saturated rings. The second-order valence-corrected chi connectivity index (χ2v) is 7.21. The first-order valence-corrected chi connectivity index (χ1v) is 9.21. The highest BCUT2D eigenvalue weighted by Crippen LogP contribution is 2.43. The molecular formula is C18H22N6O2. The van der Waals surface area contributed by atoms with Crippen LogP contribution in [0.4, 0.5) is 5.95 Å². The number of morpholine rings is 1. The Morgan fingerprint density at radius 3 is 2.88 bits per heavy atom. The first-order chi connectivity index (χ1) is 12.7. The van der Waals surface area contributed by atoms with Crippen LogP contribution in [0.3, 0.4) is 0 Å². The molecule has 0 aromatic carbocycles. The Labute approximate surface area is 151 Å². The van der Waals surface area contributed by atoms with Crippen molar-refractivity contribution >= 4 is 11.9 Å². The molecule has 5 heterocycles. The van der Waals surface area contributed by atoms with Crippen LogP contribution >= 0.6 is 0 Å². The summed E-state index contributed by atoms with van der Waals surface area (Å²) in [7, 11) is 1.83. The Kier molecular flexibility index (Phi) is 3.66. The van der Waals surface area contributed by atoms with E-state index >= 15 is 0 Å². The molecule has 5 rings (SSSR count). The minimum Gasteiger partial charge on any atom is -0.378 e. The largest absolute Gasteiger partial charge is 0.378 e. The van der Waals surface area contributed by atoms with Crippen molar-refractivity contribution in [3.05, 3.63) is 35.4 Å². The lowest BCUT2D eigenvalue weighted by atomic mass is 9.99. The maximum atomic E-state index is 13.0. The van der Waals surface area contributed by atoms with Gasteiger partial charge >= 0.3 is 0 Å². The Morgan fingerprint density at radius 1 is 1.27 bits per heavy atom. The predicted molar refractivity (Wildman–Crippen MR) is 93.9 cm³/mol. The van der Waals surface area contributed by atoms with Gasteiger partial charge in [-0.15, -0.1) is 0 Å². The number of fused-ring (bicyclic) bond motifs is 4. The second kappa shape index (κ2) is 6.05. The van der Waals surface area contributed by atoms with E-state index in [0.29, 0.717) is 5.69 Å². The second-order valence-electron chi connectivity index (χ2n) is 7.21. The van der Waals surface area contributed by atoms with Crippen molar-refractivity contribution in [2.45, 2.75) is 31.3 Å². The van der Waals surface area contributed by atoms with Crippen LogP contribution in [0.5, 0.6) is 0 Å². The van der Waals surface area contributed by atoms with Gasteiger partial charge in [-0.05, 0) is 18.9 Å². The monoisotopic (exact) mass is 354 g/mol. The standard InChI is InChI=1S/C18H22N6O2/c1-22-5-4-14(21-22)17(25)24-12-2-3-16(24)13-11-19-18(20-15(13)10-12)23-6-8-26-9-7-23/h4-5,11-12,16H,2-3,6-10H2,1H3/t12-,16+/m1/s1. The minimum atomic E-state index is 0.0148. The Bertz CT molecular complexity index is 844. The van der Waals surface area contributed by atoms with Crippen molar-refractivity contribution in [3.63, 3.8) is 0 Å². The molecule has 3 aliphatic heterocycles. The molecule has 1 amide bonds. The summed E-state index contributed by atoms with van der Waals surface area (Å²) in [6.07, 6.45) is 6.51. The molecule has 8 nitrogen and oxygen atoms in total. The summed E-state index contributed by atoms with van der Waals surface area (Å²) in [4.78, 5) is 26.6. The minimum absolute atomic E-state index is 0.0148. The fourth-order valence-electron chi connectivity index (χ4n) is 4.35. The molecule has 0 spiro atoms. The van der Waals surface area contributed by atoms with Crippen molar-refractivity contribution in [2.24, 2.45) is 7.05 Å². The van der Waals surface area contributed by atoms with E-state index in [0.717, 1.165) is 62.8 Å². The van der Waals surface area contributed by atoms with Gasteiger partial charge in [-0.2, -0.15) is 5.10 Å². The van der Waals surface area contributed by atoms with E-state index < -0.39 is 0 Å². The van der Waals surface area contributed by atoms with Gasteiger partial charge < -0.3 is 14.5 Å². The molecule has 3 aliphatic rings. The van der Waals surface area contributed by atoms with Crippen LogP contribution in [0.15, 0.2) is 18.5 Å². The number of carbonyl (C=O) groups excluding carboxylic acids is 1. The number of amides is 1. The fourth-order valence-corrected chi connectivity index (χ4v) is 4.35. The van der Waals surface area contributed by atoms with Gasteiger partial charge in [0.25, 0.3) is 5.91 Å². The Hall–Kier alpha value is -2.48. The molecular weight excluding hydrogens is 332 g/mol. The molecule has 2 aromatic rings. The van der Waals surface area contributed by atoms with Crippen LogP contribution in [0.25, 0.3) is 0 Å². The average Bonchev–Trinajstić information content (AvgIpc) is 3.24. The average molecular weight is 354 g/mol. The first-order valence-electron chi connectivity index (χ1n) is 9.21. The van der Waals surface area contributed by atoms with E-state index in [9.17, 15) is 4.79 Å². The fraction of sp³-hybridized carbons (Fsp3) is 0.556. The van der Waals surface area contributed by atoms with Gasteiger partial charge in [0.05, 0.1) is 24.9 Å². The van der Waals surface area contributed by atoms with Crippen LogP contribution in [0, 0.1) is 0 Å². The molecule has 2 atom stereocenters. The highest BCUT2D eigenvalue weighted by atomic mass is 16.5. The van der Waals surface area contributed by atoms with E-state index in [1.807, 2.05) is 24.3 Å². The zero-order chi connectivity index (χ0) is 17.7. The number of ether oxygens (including phenoxy) is 1. The number of hydrogen-bond acceptors (Lipinski definition) is 6. The van der Waals surface area contributed by atoms with Crippen LogP contribution in [0.1, 0.15) is 40.6 Å². The lowest BCUT2D eigenvalue weighted by Gasteiger charge is -2.36. The number of nitrogens with zero attached hydrogens (tertiary/aromatic N) is 6. The number of hydrogen-bond donors (Lipinski definition) is 0. The molecule has 0 unspecified atom stereocenters. The topological polar surface area (TPSA) is 76.4 Å². The third-order valence-corrected chi connectivity index (χ3v) is 5.64. The highest BCUT2D eigenvalue weighted by molar-refractivity contribution is 5.93. The van der Waals surface area contributed by atoms with Crippen molar-refractivity contribution < 1.29 is 9.53 Å². The first kappa shape index (κ1) is 15.7. The summed E-state index contributed by atoms with van der Waals surface area (Å²) in [5, 5.41) is 4.29. The van der Waals surface area contributed by atoms with Gasteiger partial charge in [-0.25, -0.2) is 9.97 Å². The zero-order valence-electron chi connectivity index (χ0n) is 14.8. The summed E-state index contributed by atoms with van der Waals surface area (Å²) >= 11 is 0. The van der Waals surface area contributed by atoms with E-state index in [-0.39, 0.29) is 18.0 Å². The molecule has 0 aliphatic carbocycles. The third kappa shape index (κ3) is 2.47. The molecule has 2 bridgehead atoms. The summed E-state index contributed by atoms with van der Waals surface area (Å²) in [6.45, 7) is 3.10. The highest BCUT2D eigenvalue weighted by Gasteiger charge is 2.44. The molecule has 26 heavy (non-hydrogen) atoms. The maximum Gasteiger partial charge on any atom is 0.275 e. The van der Waals surface area contributed by atoms with Crippen LogP contribution in [-0.4, -0.2) is 62.9 Å². The quantitative estimate of drug-likeness (QED) is 0.799. The number of anilines is 1. The van der Waals surface area contributed by atoms with Crippen molar-refractivity contribution in [1.29, 1.82) is 0 Å². The molecule has 0 radical (unpaired) electrons. The maximum absolute atomic E-state index is 13.0. The number of aromatic nitrogens is 4. The number of rotatable bonds is 2. The summed E-state index contributed by atoms with van der Waals surface area (Å²) in [6, 6.07) is 2.06. The van der Waals surface area contributed by atoms with Crippen molar-refractivity contribution in [1.82, 2.24) is 24.6 Å². The predicted octanol–water partition coefficient (Wildman–Crippen LogP) is 0.949. The van der Waals surface area contributed by atoms with Gasteiger partial charge in [-0.1, -0.05) is 0 Å². The van der Waals surface area contributed by atoms with E-state index in [1.165, 1.54) is 0 Å². The number of carbonyl (C=O) groups is 1. The SMILES string of the molecule is Cn1ccc(C(=O)N2[C@@H]3CC[C@H]2c2cnc(N4CCOCC4)nc2C3)n1. The normalized spacial score (nSPS) is 24.7. The third-order valence-electron chi connectivity index (χ3n) is 5.64. The van der Waals surface area contributed by atoms with E-state index in [4.69, 9.17) is 9.72 Å². The molecule has 136 valence electrons.